The summed E-state index contributed by atoms with van der Waals surface area (Å²) in [5.74, 6) is -2.08. The molecule has 1 radical (unpaired) electrons. The van der Waals surface area contributed by atoms with E-state index in [1.165, 1.54) is 6.42 Å². The molecule has 0 saturated carbocycles. The summed E-state index contributed by atoms with van der Waals surface area (Å²) in [6.07, 6.45) is -8.29. The van der Waals surface area contributed by atoms with Crippen molar-refractivity contribution in [3.8, 4) is 0 Å². The molecule has 2 aliphatic rings. The summed E-state index contributed by atoms with van der Waals surface area (Å²) in [6.45, 7) is 2.20. The molecule has 8 atom stereocenters. The molecule has 2 saturated heterocycles. The van der Waals surface area contributed by atoms with Gasteiger partial charge in [-0.3, -0.25) is 0 Å². The third kappa shape index (κ3) is 4.48. The molecule has 0 aliphatic carbocycles. The van der Waals surface area contributed by atoms with Gasteiger partial charge in [0, 0.05) is 6.42 Å². The molecular formula is C15H27O10. The van der Waals surface area contributed by atoms with Crippen molar-refractivity contribution in [2.75, 3.05) is 19.8 Å². The summed E-state index contributed by atoms with van der Waals surface area (Å²) in [6, 6.07) is 0. The van der Waals surface area contributed by atoms with Gasteiger partial charge in [0.1, 0.15) is 31.0 Å². The van der Waals surface area contributed by atoms with Crippen LogP contribution in [0.15, 0.2) is 0 Å². The minimum absolute atomic E-state index is 0.0508. The van der Waals surface area contributed by atoms with E-state index in [1.807, 2.05) is 0 Å². The summed E-state index contributed by atoms with van der Waals surface area (Å²) in [5.41, 5.74) is 0. The lowest BCUT2D eigenvalue weighted by Gasteiger charge is -2.41. The molecule has 2 fully saturated rings. The molecule has 25 heavy (non-hydrogen) atoms. The second kappa shape index (κ2) is 8.53. The number of ether oxygens (including phenoxy) is 4. The minimum Gasteiger partial charge on any atom is -0.394 e. The second-order valence-corrected chi connectivity index (χ2v) is 6.46. The lowest BCUT2D eigenvalue weighted by atomic mass is 10.0. The van der Waals surface area contributed by atoms with E-state index in [0.717, 1.165) is 0 Å². The third-order valence-corrected chi connectivity index (χ3v) is 4.17. The lowest BCUT2D eigenvalue weighted by molar-refractivity contribution is -0.367. The van der Waals surface area contributed by atoms with Gasteiger partial charge in [-0.25, -0.2) is 0 Å². The number of hydrogen-bond donors (Lipinski definition) is 6. The van der Waals surface area contributed by atoms with Gasteiger partial charge in [-0.2, -0.15) is 0 Å². The largest absolute Gasteiger partial charge is 0.394 e. The van der Waals surface area contributed by atoms with E-state index in [-0.39, 0.29) is 12.7 Å². The average molecular weight is 367 g/mol. The van der Waals surface area contributed by atoms with Crippen molar-refractivity contribution in [2.45, 2.75) is 68.7 Å². The summed E-state index contributed by atoms with van der Waals surface area (Å²) in [5, 5.41) is 59.0. The molecule has 0 aromatic rings. The lowest BCUT2D eigenvalue weighted by Crippen LogP contribution is -2.58. The fraction of sp³-hybridized carbons (Fsp3) is 0.933. The Labute approximate surface area is 145 Å². The van der Waals surface area contributed by atoms with Gasteiger partial charge in [-0.1, -0.05) is 0 Å². The van der Waals surface area contributed by atoms with Crippen molar-refractivity contribution in [2.24, 2.45) is 0 Å². The zero-order valence-corrected chi connectivity index (χ0v) is 14.1. The van der Waals surface area contributed by atoms with Gasteiger partial charge in [0.05, 0.1) is 31.5 Å². The molecule has 0 bridgehead atoms. The van der Waals surface area contributed by atoms with E-state index in [0.29, 0.717) is 0 Å². The van der Waals surface area contributed by atoms with Gasteiger partial charge < -0.3 is 49.6 Å². The first-order valence-electron chi connectivity index (χ1n) is 8.15. The predicted molar refractivity (Wildman–Crippen MR) is 80.9 cm³/mol. The van der Waals surface area contributed by atoms with Crippen molar-refractivity contribution in [1.29, 1.82) is 0 Å². The number of hydrogen-bond acceptors (Lipinski definition) is 10. The topological polar surface area (TPSA) is 158 Å². The van der Waals surface area contributed by atoms with Crippen molar-refractivity contribution in [1.82, 2.24) is 0 Å². The molecule has 2 aliphatic heterocycles. The fourth-order valence-corrected chi connectivity index (χ4v) is 2.74. The molecule has 0 aromatic heterocycles. The molecule has 6 N–H and O–H groups in total. The quantitative estimate of drug-likeness (QED) is 0.272. The minimum atomic E-state index is -2.08. The highest BCUT2D eigenvalue weighted by Gasteiger charge is 2.57. The van der Waals surface area contributed by atoms with E-state index in [1.54, 1.807) is 13.8 Å². The molecule has 0 aromatic carbocycles. The van der Waals surface area contributed by atoms with E-state index in [4.69, 9.17) is 24.1 Å². The Balaban J connectivity index is 2.11. The van der Waals surface area contributed by atoms with Crippen LogP contribution in [0.1, 0.15) is 13.8 Å². The van der Waals surface area contributed by atoms with Crippen LogP contribution < -0.4 is 0 Å². The molecule has 10 nitrogen and oxygen atoms in total. The van der Waals surface area contributed by atoms with Crippen molar-refractivity contribution in [3.63, 3.8) is 0 Å². The molecular weight excluding hydrogens is 340 g/mol. The maximum atomic E-state index is 10.3. The Kier molecular flexibility index (Phi) is 7.13. The van der Waals surface area contributed by atoms with Gasteiger partial charge >= 0.3 is 0 Å². The first-order chi connectivity index (χ1) is 11.7. The number of aliphatic hydroxyl groups is 6. The Morgan fingerprint density at radius 2 is 1.80 bits per heavy atom. The zero-order chi connectivity index (χ0) is 18.8. The molecule has 10 heteroatoms. The maximum absolute atomic E-state index is 10.3. The van der Waals surface area contributed by atoms with Crippen LogP contribution in [-0.4, -0.2) is 105 Å². The second-order valence-electron chi connectivity index (χ2n) is 6.46. The van der Waals surface area contributed by atoms with E-state index in [2.05, 4.69) is 0 Å². The Bertz CT molecular complexity index is 421. The van der Waals surface area contributed by atoms with E-state index in [9.17, 15) is 25.5 Å². The fourth-order valence-electron chi connectivity index (χ4n) is 2.74. The highest BCUT2D eigenvalue weighted by atomic mass is 16.8. The number of rotatable bonds is 7. The first kappa shape index (κ1) is 20.9. The Morgan fingerprint density at radius 1 is 1.12 bits per heavy atom. The summed E-state index contributed by atoms with van der Waals surface area (Å²) in [4.78, 5) is 0. The van der Waals surface area contributed by atoms with Crippen LogP contribution in [-0.2, 0) is 18.9 Å². The third-order valence-electron chi connectivity index (χ3n) is 4.17. The van der Waals surface area contributed by atoms with E-state index >= 15 is 0 Å². The van der Waals surface area contributed by atoms with Gasteiger partial charge in [-0.15, -0.1) is 0 Å². The summed E-state index contributed by atoms with van der Waals surface area (Å²) >= 11 is 0. The molecule has 2 heterocycles. The van der Waals surface area contributed by atoms with Crippen molar-refractivity contribution < 1.29 is 49.6 Å². The molecule has 147 valence electrons. The zero-order valence-electron chi connectivity index (χ0n) is 14.1. The molecule has 2 rings (SSSR count). The average Bonchev–Trinajstić information content (AvgIpc) is 2.82. The van der Waals surface area contributed by atoms with Crippen molar-refractivity contribution >= 4 is 0 Å². The van der Waals surface area contributed by atoms with Gasteiger partial charge in [0.15, 0.2) is 6.29 Å². The molecule has 0 amide bonds. The standard InChI is InChI=1S/C15H27O10/c1-7(2)22-5-10-12(20)13(21)15(6-17,24-10)25-14-11(19)9(18)3-8(4-16)23-14/h3,7-14,16-21H,4-6H2,1-2H3/t8?,9?,10-,11?,12?,13?,14-,15-/m0/s1. The monoisotopic (exact) mass is 367 g/mol. The summed E-state index contributed by atoms with van der Waals surface area (Å²) in [7, 11) is 0. The molecule has 0 spiro atoms. The van der Waals surface area contributed by atoms with E-state index < -0.39 is 61.9 Å². The van der Waals surface area contributed by atoms with Gasteiger partial charge in [-0.05, 0) is 13.8 Å². The van der Waals surface area contributed by atoms with Crippen LogP contribution >= 0.6 is 0 Å². The van der Waals surface area contributed by atoms with Gasteiger partial charge in [0.2, 0.25) is 5.79 Å². The summed E-state index contributed by atoms with van der Waals surface area (Å²) < 4.78 is 21.5. The van der Waals surface area contributed by atoms with Gasteiger partial charge in [0.25, 0.3) is 0 Å². The Hall–Kier alpha value is -0.400. The number of aliphatic hydroxyl groups excluding tert-OH is 6. The highest BCUT2D eigenvalue weighted by Crippen LogP contribution is 2.36. The predicted octanol–water partition coefficient (Wildman–Crippen LogP) is -3.12. The smallest absolute Gasteiger partial charge is 0.224 e. The molecule has 5 unspecified atom stereocenters. The van der Waals surface area contributed by atoms with Crippen LogP contribution in [0, 0.1) is 6.42 Å². The Morgan fingerprint density at radius 3 is 2.36 bits per heavy atom. The van der Waals surface area contributed by atoms with Crippen LogP contribution in [0.4, 0.5) is 0 Å². The van der Waals surface area contributed by atoms with Crippen molar-refractivity contribution in [3.05, 3.63) is 6.42 Å². The highest BCUT2D eigenvalue weighted by molar-refractivity contribution is 5.00. The normalized spacial score (nSPS) is 45.2. The van der Waals surface area contributed by atoms with Crippen LogP contribution in [0.2, 0.25) is 0 Å². The first-order valence-corrected chi connectivity index (χ1v) is 8.15. The van der Waals surface area contributed by atoms with Crippen LogP contribution in [0.5, 0.6) is 0 Å². The van der Waals surface area contributed by atoms with Crippen LogP contribution in [0.3, 0.4) is 0 Å². The SMILES string of the molecule is CC(C)OC[C@@H]1O[C@@](CO)(O[C@@H]2OC(CO)[CH]C(O)C2O)C(O)C1O. The van der Waals surface area contributed by atoms with Crippen LogP contribution in [0.25, 0.3) is 0 Å². The maximum Gasteiger partial charge on any atom is 0.224 e.